The zero-order valence-electron chi connectivity index (χ0n) is 20.4. The molecule has 3 N–H and O–H groups in total. The number of ether oxygens (including phenoxy) is 3. The van der Waals surface area contributed by atoms with Gasteiger partial charge in [-0.25, -0.2) is 9.59 Å². The van der Waals surface area contributed by atoms with Crippen LogP contribution in [0.4, 0.5) is 4.79 Å². The van der Waals surface area contributed by atoms with Crippen LogP contribution in [0.15, 0.2) is 48.5 Å². The van der Waals surface area contributed by atoms with Gasteiger partial charge >= 0.3 is 12.1 Å². The van der Waals surface area contributed by atoms with Gasteiger partial charge < -0.3 is 30.0 Å². The minimum absolute atomic E-state index is 0.0866. The molecule has 2 atom stereocenters. The van der Waals surface area contributed by atoms with Crippen molar-refractivity contribution in [1.82, 2.24) is 10.6 Å². The van der Waals surface area contributed by atoms with Crippen LogP contribution in [0.1, 0.15) is 37.3 Å². The lowest BCUT2D eigenvalue weighted by Crippen LogP contribution is -2.55. The van der Waals surface area contributed by atoms with Crippen LogP contribution in [0.25, 0.3) is 11.1 Å². The standard InChI is InChI=1S/C26H32N2O7/c1-26(2,34-4)13-21(23(29)27-22(15-33-3)24(30)31)28-25(32)35-14-20-18-11-7-5-9-16(18)17-10-6-8-12-19(17)20/h5-12,20-22H,13-15H2,1-4H3,(H,27,29)(H,28,32)(H,30,31). The Bertz CT molecular complexity index is 1020. The predicted octanol–water partition coefficient (Wildman–Crippen LogP) is 2.92. The smallest absolute Gasteiger partial charge is 0.407 e. The number of carbonyl (C=O) groups is 3. The molecule has 0 heterocycles. The van der Waals surface area contributed by atoms with E-state index in [1.165, 1.54) is 14.2 Å². The third-order valence-corrected chi connectivity index (χ3v) is 6.15. The first kappa shape index (κ1) is 26.2. The molecule has 0 aliphatic heterocycles. The molecule has 2 aromatic carbocycles. The Labute approximate surface area is 204 Å². The number of carboxylic acids is 1. The molecule has 2 unspecified atom stereocenters. The number of alkyl carbamates (subject to hydrolysis) is 1. The van der Waals surface area contributed by atoms with Crippen molar-refractivity contribution in [3.63, 3.8) is 0 Å². The molecule has 0 radical (unpaired) electrons. The quantitative estimate of drug-likeness (QED) is 0.448. The van der Waals surface area contributed by atoms with Crippen LogP contribution in [0, 0.1) is 0 Å². The number of hydrogen-bond donors (Lipinski definition) is 3. The van der Waals surface area contributed by atoms with Gasteiger partial charge in [0.2, 0.25) is 5.91 Å². The molecule has 9 nitrogen and oxygen atoms in total. The number of amides is 2. The normalized spacial score (nSPS) is 14.4. The Hall–Kier alpha value is -3.43. The summed E-state index contributed by atoms with van der Waals surface area (Å²) in [5.74, 6) is -2.05. The fourth-order valence-corrected chi connectivity index (χ4v) is 4.18. The lowest BCUT2D eigenvalue weighted by Gasteiger charge is -2.29. The monoisotopic (exact) mass is 484 g/mol. The number of rotatable bonds is 11. The third-order valence-electron chi connectivity index (χ3n) is 6.15. The summed E-state index contributed by atoms with van der Waals surface area (Å²) in [5, 5.41) is 14.3. The zero-order valence-corrected chi connectivity index (χ0v) is 20.4. The maximum absolute atomic E-state index is 12.9. The number of carboxylic acid groups (broad SMARTS) is 1. The highest BCUT2D eigenvalue weighted by atomic mass is 16.5. The molecule has 1 aliphatic rings. The van der Waals surface area contributed by atoms with Crippen LogP contribution < -0.4 is 10.6 Å². The third kappa shape index (κ3) is 6.37. The highest BCUT2D eigenvalue weighted by molar-refractivity contribution is 5.89. The van der Waals surface area contributed by atoms with E-state index in [9.17, 15) is 19.5 Å². The Morgan fingerprint density at radius 1 is 0.943 bits per heavy atom. The van der Waals surface area contributed by atoms with Gasteiger partial charge in [-0.2, -0.15) is 0 Å². The maximum atomic E-state index is 12.9. The second kappa shape index (κ2) is 11.3. The van der Waals surface area contributed by atoms with Gasteiger partial charge in [-0.1, -0.05) is 48.5 Å². The number of hydrogen-bond acceptors (Lipinski definition) is 6. The van der Waals surface area contributed by atoms with E-state index in [4.69, 9.17) is 14.2 Å². The van der Waals surface area contributed by atoms with E-state index in [1.807, 2.05) is 48.5 Å². The fourth-order valence-electron chi connectivity index (χ4n) is 4.18. The number of methoxy groups -OCH3 is 2. The van der Waals surface area contributed by atoms with E-state index in [-0.39, 0.29) is 25.6 Å². The molecule has 3 rings (SSSR count). The van der Waals surface area contributed by atoms with Gasteiger partial charge in [0.1, 0.15) is 12.6 Å². The Morgan fingerprint density at radius 3 is 2.03 bits per heavy atom. The summed E-state index contributed by atoms with van der Waals surface area (Å²) in [6.07, 6.45) is -0.684. The molecule has 35 heavy (non-hydrogen) atoms. The highest BCUT2D eigenvalue weighted by Crippen LogP contribution is 2.44. The van der Waals surface area contributed by atoms with Crippen molar-refractivity contribution >= 4 is 18.0 Å². The number of fused-ring (bicyclic) bond motifs is 3. The molecule has 2 amide bonds. The Balaban J connectivity index is 1.71. The van der Waals surface area contributed by atoms with Crippen molar-refractivity contribution in [3.8, 4) is 11.1 Å². The van der Waals surface area contributed by atoms with E-state index in [1.54, 1.807) is 13.8 Å². The summed E-state index contributed by atoms with van der Waals surface area (Å²) in [6, 6.07) is 13.6. The van der Waals surface area contributed by atoms with Crippen molar-refractivity contribution in [3.05, 3.63) is 59.7 Å². The van der Waals surface area contributed by atoms with Crippen molar-refractivity contribution in [2.24, 2.45) is 0 Å². The first-order valence-corrected chi connectivity index (χ1v) is 11.4. The van der Waals surface area contributed by atoms with E-state index in [0.717, 1.165) is 22.3 Å². The number of nitrogens with one attached hydrogen (secondary N) is 2. The summed E-state index contributed by atoms with van der Waals surface area (Å²) >= 11 is 0. The average molecular weight is 485 g/mol. The number of carbonyl (C=O) groups excluding carboxylic acids is 2. The lowest BCUT2D eigenvalue weighted by molar-refractivity contribution is -0.143. The largest absolute Gasteiger partial charge is 0.480 e. The zero-order chi connectivity index (χ0) is 25.6. The van der Waals surface area contributed by atoms with E-state index < -0.39 is 35.7 Å². The van der Waals surface area contributed by atoms with E-state index in [0.29, 0.717) is 0 Å². The minimum atomic E-state index is -1.26. The average Bonchev–Trinajstić information content (AvgIpc) is 3.15. The molecule has 9 heteroatoms. The highest BCUT2D eigenvalue weighted by Gasteiger charge is 2.33. The van der Waals surface area contributed by atoms with Crippen molar-refractivity contribution in [2.75, 3.05) is 27.4 Å². The molecule has 1 aliphatic carbocycles. The van der Waals surface area contributed by atoms with Gasteiger partial charge in [-0.15, -0.1) is 0 Å². The molecule has 0 saturated carbocycles. The number of benzene rings is 2. The van der Waals surface area contributed by atoms with Gasteiger partial charge in [0.15, 0.2) is 6.04 Å². The summed E-state index contributed by atoms with van der Waals surface area (Å²) in [4.78, 5) is 37.1. The fraction of sp³-hybridized carbons (Fsp3) is 0.423. The van der Waals surface area contributed by atoms with Crippen LogP contribution in [0.5, 0.6) is 0 Å². The summed E-state index contributed by atoms with van der Waals surface area (Å²) in [7, 11) is 2.83. The van der Waals surface area contributed by atoms with Crippen molar-refractivity contribution in [1.29, 1.82) is 0 Å². The Morgan fingerprint density at radius 2 is 1.51 bits per heavy atom. The van der Waals surface area contributed by atoms with Gasteiger partial charge in [0.05, 0.1) is 12.2 Å². The predicted molar refractivity (Wildman–Crippen MR) is 129 cm³/mol. The van der Waals surface area contributed by atoms with Gasteiger partial charge in [-0.3, -0.25) is 4.79 Å². The van der Waals surface area contributed by atoms with E-state index in [2.05, 4.69) is 10.6 Å². The van der Waals surface area contributed by atoms with Gasteiger partial charge in [-0.05, 0) is 36.1 Å². The molecule has 0 spiro atoms. The second-order valence-corrected chi connectivity index (χ2v) is 9.05. The molecule has 0 saturated heterocycles. The molecule has 0 aromatic heterocycles. The maximum Gasteiger partial charge on any atom is 0.407 e. The molecule has 0 fully saturated rings. The van der Waals surface area contributed by atoms with Crippen LogP contribution in [0.3, 0.4) is 0 Å². The SMILES string of the molecule is COCC(NC(=O)C(CC(C)(C)OC)NC(=O)OCC1c2ccccc2-c2ccccc21)C(=O)O. The van der Waals surface area contributed by atoms with Crippen molar-refractivity contribution < 1.29 is 33.7 Å². The Kier molecular flexibility index (Phi) is 8.48. The molecule has 188 valence electrons. The topological polar surface area (TPSA) is 123 Å². The second-order valence-electron chi connectivity index (χ2n) is 9.05. The summed E-state index contributed by atoms with van der Waals surface area (Å²) in [6.45, 7) is 3.39. The minimum Gasteiger partial charge on any atom is -0.480 e. The molecule has 2 aromatic rings. The molecular weight excluding hydrogens is 452 g/mol. The van der Waals surface area contributed by atoms with Crippen molar-refractivity contribution in [2.45, 2.75) is 43.9 Å². The molecule has 0 bridgehead atoms. The first-order chi connectivity index (χ1) is 16.7. The van der Waals surface area contributed by atoms with Crippen LogP contribution in [0.2, 0.25) is 0 Å². The summed E-state index contributed by atoms with van der Waals surface area (Å²) < 4.78 is 15.8. The summed E-state index contributed by atoms with van der Waals surface area (Å²) in [5.41, 5.74) is 3.59. The van der Waals surface area contributed by atoms with Gasteiger partial charge in [0, 0.05) is 26.6 Å². The van der Waals surface area contributed by atoms with Crippen LogP contribution >= 0.6 is 0 Å². The van der Waals surface area contributed by atoms with E-state index >= 15 is 0 Å². The first-order valence-electron chi connectivity index (χ1n) is 11.4. The van der Waals surface area contributed by atoms with Gasteiger partial charge in [0.25, 0.3) is 0 Å². The lowest BCUT2D eigenvalue weighted by atomic mass is 9.97. The molecular formula is C26H32N2O7. The number of aliphatic carboxylic acids is 1. The van der Waals surface area contributed by atoms with Crippen LogP contribution in [-0.2, 0) is 23.8 Å². The van der Waals surface area contributed by atoms with Crippen LogP contribution in [-0.4, -0.2) is 68.2 Å².